The lowest BCUT2D eigenvalue weighted by Gasteiger charge is -2.28. The van der Waals surface area contributed by atoms with E-state index < -0.39 is 35.0 Å². The highest BCUT2D eigenvalue weighted by Gasteiger charge is 2.24. The molecule has 1 saturated carbocycles. The molecule has 0 atom stereocenters. The standard InChI is InChI=1S/C22H22F4O2/c1-2-3-13-4-6-14(7-5-13)15-8-9-17(18(23)10-15)22(27)28-16-11-19(24)21(26)20(25)12-16/h8-14H,2-7H2,1H3/t13-,14-. The van der Waals surface area contributed by atoms with Gasteiger partial charge in [0.25, 0.3) is 0 Å². The summed E-state index contributed by atoms with van der Waals surface area (Å²) in [7, 11) is 0. The largest absolute Gasteiger partial charge is 0.423 e. The number of hydrogen-bond acceptors (Lipinski definition) is 2. The molecule has 0 N–H and O–H groups in total. The molecular weight excluding hydrogens is 372 g/mol. The summed E-state index contributed by atoms with van der Waals surface area (Å²) in [5, 5.41) is 0. The Balaban J connectivity index is 1.69. The van der Waals surface area contributed by atoms with E-state index in [-0.39, 0.29) is 11.5 Å². The Kier molecular flexibility index (Phi) is 6.37. The second-order valence-electron chi connectivity index (χ2n) is 7.34. The summed E-state index contributed by atoms with van der Waals surface area (Å²) in [5.41, 5.74) is 0.497. The minimum absolute atomic E-state index is 0.257. The fourth-order valence-electron chi connectivity index (χ4n) is 3.90. The number of halogens is 4. The van der Waals surface area contributed by atoms with Crippen molar-refractivity contribution < 1.29 is 27.1 Å². The SMILES string of the molecule is CCC[C@H]1CC[C@H](c2ccc(C(=O)Oc3cc(F)c(F)c(F)c3)c(F)c2)CC1. The van der Waals surface area contributed by atoms with Gasteiger partial charge in [0.2, 0.25) is 0 Å². The van der Waals surface area contributed by atoms with Crippen LogP contribution in [0.15, 0.2) is 30.3 Å². The number of rotatable bonds is 5. The summed E-state index contributed by atoms with van der Waals surface area (Å²) < 4.78 is 58.7. The van der Waals surface area contributed by atoms with Crippen LogP contribution in [0.2, 0.25) is 0 Å². The third-order valence-electron chi connectivity index (χ3n) is 5.40. The lowest BCUT2D eigenvalue weighted by molar-refractivity contribution is 0.0728. The van der Waals surface area contributed by atoms with E-state index in [2.05, 4.69) is 6.92 Å². The summed E-state index contributed by atoms with van der Waals surface area (Å²) >= 11 is 0. The van der Waals surface area contributed by atoms with Crippen molar-refractivity contribution in [3.05, 3.63) is 64.7 Å². The van der Waals surface area contributed by atoms with Gasteiger partial charge < -0.3 is 4.74 Å². The van der Waals surface area contributed by atoms with E-state index in [9.17, 15) is 22.4 Å². The quantitative estimate of drug-likeness (QED) is 0.249. The maximum Gasteiger partial charge on any atom is 0.346 e. The molecule has 0 aromatic heterocycles. The smallest absolute Gasteiger partial charge is 0.346 e. The van der Waals surface area contributed by atoms with Crippen LogP contribution in [0.3, 0.4) is 0 Å². The van der Waals surface area contributed by atoms with Gasteiger partial charge in [0.05, 0.1) is 5.56 Å². The molecule has 0 heterocycles. The topological polar surface area (TPSA) is 26.3 Å². The summed E-state index contributed by atoms with van der Waals surface area (Å²) in [6, 6.07) is 5.42. The van der Waals surface area contributed by atoms with E-state index >= 15 is 0 Å². The minimum Gasteiger partial charge on any atom is -0.423 e. The predicted molar refractivity (Wildman–Crippen MR) is 97.3 cm³/mol. The maximum atomic E-state index is 14.5. The van der Waals surface area contributed by atoms with Crippen LogP contribution < -0.4 is 4.74 Å². The van der Waals surface area contributed by atoms with Crippen LogP contribution in [0.4, 0.5) is 17.6 Å². The predicted octanol–water partition coefficient (Wildman–Crippen LogP) is 6.54. The average Bonchev–Trinajstić information content (AvgIpc) is 2.66. The number of hydrogen-bond donors (Lipinski definition) is 0. The van der Waals surface area contributed by atoms with Gasteiger partial charge in [-0.05, 0) is 55.2 Å². The molecule has 0 radical (unpaired) electrons. The fraction of sp³-hybridized carbons (Fsp3) is 0.409. The van der Waals surface area contributed by atoms with Gasteiger partial charge in [-0.3, -0.25) is 0 Å². The molecule has 2 aromatic rings. The first-order chi connectivity index (χ1) is 13.4. The van der Waals surface area contributed by atoms with E-state index in [1.807, 2.05) is 0 Å². The number of ether oxygens (including phenoxy) is 1. The molecule has 6 heteroatoms. The normalized spacial score (nSPS) is 19.5. The van der Waals surface area contributed by atoms with Crippen LogP contribution >= 0.6 is 0 Å². The molecule has 0 aliphatic heterocycles. The zero-order valence-electron chi connectivity index (χ0n) is 15.6. The first kappa shape index (κ1) is 20.4. The molecule has 2 aromatic carbocycles. The van der Waals surface area contributed by atoms with Gasteiger partial charge >= 0.3 is 5.97 Å². The van der Waals surface area contributed by atoms with Crippen molar-refractivity contribution >= 4 is 5.97 Å². The van der Waals surface area contributed by atoms with Crippen molar-refractivity contribution in [2.75, 3.05) is 0 Å². The average molecular weight is 394 g/mol. The lowest BCUT2D eigenvalue weighted by atomic mass is 9.77. The summed E-state index contributed by atoms with van der Waals surface area (Å²) in [6.45, 7) is 2.17. The molecule has 1 fully saturated rings. The van der Waals surface area contributed by atoms with E-state index in [0.29, 0.717) is 12.1 Å². The van der Waals surface area contributed by atoms with Crippen LogP contribution in [0.25, 0.3) is 0 Å². The minimum atomic E-state index is -1.66. The Morgan fingerprint density at radius 1 is 0.964 bits per heavy atom. The van der Waals surface area contributed by atoms with Crippen LogP contribution in [0, 0.1) is 29.2 Å². The molecular formula is C22H22F4O2. The number of esters is 1. The first-order valence-electron chi connectivity index (χ1n) is 9.55. The van der Waals surface area contributed by atoms with Crippen LogP contribution in [0.1, 0.15) is 67.3 Å². The first-order valence-corrected chi connectivity index (χ1v) is 9.55. The van der Waals surface area contributed by atoms with Gasteiger partial charge in [-0.2, -0.15) is 0 Å². The molecule has 0 unspecified atom stereocenters. The van der Waals surface area contributed by atoms with Crippen molar-refractivity contribution in [1.82, 2.24) is 0 Å². The highest BCUT2D eigenvalue weighted by Crippen LogP contribution is 2.38. The molecule has 28 heavy (non-hydrogen) atoms. The lowest BCUT2D eigenvalue weighted by Crippen LogP contribution is -2.15. The molecule has 0 saturated heterocycles. The van der Waals surface area contributed by atoms with Gasteiger partial charge in [-0.25, -0.2) is 22.4 Å². The summed E-state index contributed by atoms with van der Waals surface area (Å²) in [5.74, 6) is -6.02. The summed E-state index contributed by atoms with van der Waals surface area (Å²) in [6.07, 6.45) is 6.60. The zero-order chi connectivity index (χ0) is 20.3. The van der Waals surface area contributed by atoms with Gasteiger partial charge in [0.15, 0.2) is 17.5 Å². The molecule has 150 valence electrons. The van der Waals surface area contributed by atoms with Crippen molar-refractivity contribution in [1.29, 1.82) is 0 Å². The van der Waals surface area contributed by atoms with E-state index in [0.717, 1.165) is 37.2 Å². The van der Waals surface area contributed by atoms with E-state index in [1.165, 1.54) is 25.0 Å². The van der Waals surface area contributed by atoms with Crippen LogP contribution in [0.5, 0.6) is 5.75 Å². The van der Waals surface area contributed by atoms with Crippen molar-refractivity contribution in [2.24, 2.45) is 5.92 Å². The van der Waals surface area contributed by atoms with Crippen LogP contribution in [-0.2, 0) is 0 Å². The van der Waals surface area contributed by atoms with Gasteiger partial charge in [-0.1, -0.05) is 25.8 Å². The van der Waals surface area contributed by atoms with Gasteiger partial charge in [0.1, 0.15) is 11.6 Å². The van der Waals surface area contributed by atoms with Crippen molar-refractivity contribution in [2.45, 2.75) is 51.4 Å². The van der Waals surface area contributed by atoms with E-state index in [1.54, 1.807) is 6.07 Å². The third-order valence-corrected chi connectivity index (χ3v) is 5.40. The van der Waals surface area contributed by atoms with E-state index in [4.69, 9.17) is 4.74 Å². The second kappa shape index (κ2) is 8.76. The maximum absolute atomic E-state index is 14.5. The fourth-order valence-corrected chi connectivity index (χ4v) is 3.90. The van der Waals surface area contributed by atoms with Gasteiger partial charge in [0, 0.05) is 12.1 Å². The number of carbonyl (C=O) groups excluding carboxylic acids is 1. The molecule has 3 rings (SSSR count). The molecule has 0 amide bonds. The highest BCUT2D eigenvalue weighted by molar-refractivity contribution is 5.91. The Labute approximate surface area is 161 Å². The Hall–Kier alpha value is -2.37. The van der Waals surface area contributed by atoms with Crippen LogP contribution in [-0.4, -0.2) is 5.97 Å². The van der Waals surface area contributed by atoms with Gasteiger partial charge in [-0.15, -0.1) is 0 Å². The Bertz CT molecular complexity index is 835. The summed E-state index contributed by atoms with van der Waals surface area (Å²) in [4.78, 5) is 12.1. The second-order valence-corrected chi connectivity index (χ2v) is 7.34. The Morgan fingerprint density at radius 2 is 1.61 bits per heavy atom. The number of carbonyl (C=O) groups is 1. The molecule has 0 spiro atoms. The molecule has 2 nitrogen and oxygen atoms in total. The van der Waals surface area contributed by atoms with Crippen molar-refractivity contribution in [3.63, 3.8) is 0 Å². The third kappa shape index (κ3) is 4.54. The zero-order valence-corrected chi connectivity index (χ0v) is 15.6. The molecule has 0 bridgehead atoms. The molecule has 1 aliphatic rings. The Morgan fingerprint density at radius 3 is 2.18 bits per heavy atom. The van der Waals surface area contributed by atoms with Crippen molar-refractivity contribution in [3.8, 4) is 5.75 Å². The molecule has 1 aliphatic carbocycles. The number of benzene rings is 2. The highest BCUT2D eigenvalue weighted by atomic mass is 19.2. The monoisotopic (exact) mass is 394 g/mol.